The van der Waals surface area contributed by atoms with Crippen LogP contribution in [0, 0.1) is 6.92 Å². The number of carbonyl (C=O) groups is 2. The Hall–Kier alpha value is -4.23. The number of rotatable bonds is 7. The van der Waals surface area contributed by atoms with Gasteiger partial charge >= 0.3 is 17.8 Å². The van der Waals surface area contributed by atoms with Gasteiger partial charge in [0.25, 0.3) is 5.56 Å². The minimum absolute atomic E-state index is 0.134. The predicted octanol–water partition coefficient (Wildman–Crippen LogP) is 4.48. The van der Waals surface area contributed by atoms with E-state index in [1.807, 2.05) is 18.2 Å². The van der Waals surface area contributed by atoms with Crippen molar-refractivity contribution in [3.63, 3.8) is 0 Å². The lowest BCUT2D eigenvalue weighted by molar-refractivity contribution is -0.164. The lowest BCUT2D eigenvalue weighted by atomic mass is 10.0. The van der Waals surface area contributed by atoms with Crippen molar-refractivity contribution < 1.29 is 28.2 Å². The van der Waals surface area contributed by atoms with Crippen molar-refractivity contribution in [2.45, 2.75) is 65.3 Å². The van der Waals surface area contributed by atoms with Gasteiger partial charge in [0, 0.05) is 13.1 Å². The van der Waals surface area contributed by atoms with Crippen LogP contribution in [0.25, 0.3) is 21.0 Å². The van der Waals surface area contributed by atoms with Crippen LogP contribution in [0.5, 0.6) is 0 Å². The second-order valence-corrected chi connectivity index (χ2v) is 13.0. The zero-order valence-electron chi connectivity index (χ0n) is 25.6. The molecule has 5 rings (SSSR count). The number of aryl methyl sites for hydroxylation is 1. The molecule has 12 nitrogen and oxygen atoms in total. The average molecular weight is 625 g/mol. The number of esters is 1. The van der Waals surface area contributed by atoms with Crippen LogP contribution in [0.3, 0.4) is 0 Å². The Morgan fingerprint density at radius 2 is 1.75 bits per heavy atom. The van der Waals surface area contributed by atoms with E-state index in [0.29, 0.717) is 53.0 Å². The maximum absolute atomic E-state index is 14.4. The fraction of sp³-hybridized carbons (Fsp3) is 0.452. The van der Waals surface area contributed by atoms with Gasteiger partial charge in [0.2, 0.25) is 5.89 Å². The molecular formula is C31H36N4O8S. The molecule has 13 heteroatoms. The quantitative estimate of drug-likeness (QED) is 0.273. The first-order chi connectivity index (χ1) is 20.8. The highest BCUT2D eigenvalue weighted by Crippen LogP contribution is 2.36. The average Bonchev–Trinajstić information content (AvgIpc) is 3.62. The SMILES string of the molecule is Cc1c(-c2ncco2)sc2c1c(=O)n(C(C)(C)C(=O)OC(C)(C)C)c(=O)n2C[C@H](OC(=O)N1CCOCC1)c1ccccc1. The molecule has 1 saturated heterocycles. The van der Waals surface area contributed by atoms with Gasteiger partial charge in [-0.2, -0.15) is 0 Å². The van der Waals surface area contributed by atoms with Crippen molar-refractivity contribution in [1.29, 1.82) is 0 Å². The van der Waals surface area contributed by atoms with Crippen LogP contribution in [-0.2, 0) is 31.1 Å². The van der Waals surface area contributed by atoms with E-state index in [1.165, 1.54) is 42.2 Å². The first kappa shape index (κ1) is 31.2. The van der Waals surface area contributed by atoms with Gasteiger partial charge in [-0.1, -0.05) is 30.3 Å². The number of nitrogens with zero attached hydrogens (tertiary/aromatic N) is 4. The molecule has 44 heavy (non-hydrogen) atoms. The number of hydrogen-bond donors (Lipinski definition) is 0. The molecule has 1 atom stereocenters. The highest BCUT2D eigenvalue weighted by Gasteiger charge is 2.39. The lowest BCUT2D eigenvalue weighted by Crippen LogP contribution is -2.54. The van der Waals surface area contributed by atoms with Crippen LogP contribution < -0.4 is 11.2 Å². The third kappa shape index (κ3) is 6.06. The summed E-state index contributed by atoms with van der Waals surface area (Å²) < 4.78 is 24.9. The van der Waals surface area contributed by atoms with Gasteiger partial charge in [-0.05, 0) is 52.7 Å². The smallest absolute Gasteiger partial charge is 0.410 e. The standard InChI is InChI=1S/C31H36N4O8S/c1-19-22-25(36)35(31(5,6)27(37)43-30(2,3)4)28(38)34(26(22)44-23(19)24-32-12-15-41-24)18-21(20-10-8-7-9-11-20)42-29(39)33-13-16-40-17-14-33/h7-12,15,21H,13-14,16-18H2,1-6H3/t21-/m0/s1. The summed E-state index contributed by atoms with van der Waals surface area (Å²) in [5.41, 5.74) is -2.74. The summed E-state index contributed by atoms with van der Waals surface area (Å²) in [6.07, 6.45) is 1.46. The molecule has 1 amide bonds. The van der Waals surface area contributed by atoms with Crippen LogP contribution in [0.1, 0.15) is 51.8 Å². The highest BCUT2D eigenvalue weighted by atomic mass is 32.1. The third-order valence-electron chi connectivity index (χ3n) is 7.33. The van der Waals surface area contributed by atoms with Crippen molar-refractivity contribution >= 4 is 33.6 Å². The highest BCUT2D eigenvalue weighted by molar-refractivity contribution is 7.22. The predicted molar refractivity (Wildman–Crippen MR) is 164 cm³/mol. The van der Waals surface area contributed by atoms with Crippen LogP contribution in [0.2, 0.25) is 0 Å². The Bertz CT molecular complexity index is 1780. The van der Waals surface area contributed by atoms with E-state index in [1.54, 1.807) is 44.7 Å². The van der Waals surface area contributed by atoms with Crippen LogP contribution in [0.4, 0.5) is 4.79 Å². The number of aromatic nitrogens is 3. The summed E-state index contributed by atoms with van der Waals surface area (Å²) in [4.78, 5) is 62.0. The van der Waals surface area contributed by atoms with E-state index in [0.717, 1.165) is 4.57 Å². The van der Waals surface area contributed by atoms with Gasteiger partial charge < -0.3 is 23.5 Å². The Morgan fingerprint density at radius 1 is 1.07 bits per heavy atom. The number of hydrogen-bond acceptors (Lipinski definition) is 10. The molecule has 3 aromatic heterocycles. The van der Waals surface area contributed by atoms with E-state index in [-0.39, 0.29) is 11.9 Å². The summed E-state index contributed by atoms with van der Waals surface area (Å²) in [5, 5.41) is 0.228. The minimum atomic E-state index is -1.68. The molecule has 234 valence electrons. The molecule has 0 aliphatic carbocycles. The second-order valence-electron chi connectivity index (χ2n) is 12.1. The molecule has 0 spiro atoms. The van der Waals surface area contributed by atoms with Crippen molar-refractivity contribution in [2.75, 3.05) is 26.3 Å². The third-order valence-corrected chi connectivity index (χ3v) is 8.63. The molecule has 4 aromatic rings. The van der Waals surface area contributed by atoms with Gasteiger partial charge in [-0.15, -0.1) is 11.3 Å². The lowest BCUT2D eigenvalue weighted by Gasteiger charge is -2.31. The molecule has 0 N–H and O–H groups in total. The number of ether oxygens (including phenoxy) is 3. The van der Waals surface area contributed by atoms with Crippen molar-refractivity contribution in [2.24, 2.45) is 0 Å². The fourth-order valence-electron chi connectivity index (χ4n) is 5.02. The van der Waals surface area contributed by atoms with Gasteiger partial charge in [0.05, 0.1) is 36.2 Å². The molecule has 0 unspecified atom stereocenters. The van der Waals surface area contributed by atoms with Gasteiger partial charge in [-0.25, -0.2) is 23.9 Å². The summed E-state index contributed by atoms with van der Waals surface area (Å²) >= 11 is 1.17. The summed E-state index contributed by atoms with van der Waals surface area (Å²) in [5.74, 6) is -0.451. The normalized spacial score (nSPS) is 14.9. The molecule has 0 bridgehead atoms. The van der Waals surface area contributed by atoms with Crippen LogP contribution in [0.15, 0.2) is 56.8 Å². The fourth-order valence-corrected chi connectivity index (χ4v) is 6.26. The summed E-state index contributed by atoms with van der Waals surface area (Å²) in [6.45, 7) is 11.2. The molecular weight excluding hydrogens is 588 g/mol. The number of benzene rings is 1. The Morgan fingerprint density at radius 3 is 2.36 bits per heavy atom. The monoisotopic (exact) mass is 624 g/mol. The van der Waals surface area contributed by atoms with Gasteiger partial charge in [0.1, 0.15) is 28.3 Å². The maximum atomic E-state index is 14.4. The zero-order chi connectivity index (χ0) is 31.8. The number of amides is 1. The van der Waals surface area contributed by atoms with E-state index in [4.69, 9.17) is 18.6 Å². The number of morpholine rings is 1. The van der Waals surface area contributed by atoms with E-state index >= 15 is 0 Å². The van der Waals surface area contributed by atoms with E-state index in [9.17, 15) is 19.2 Å². The number of carbonyl (C=O) groups excluding carboxylic acids is 2. The molecule has 1 fully saturated rings. The number of thiophene rings is 1. The Kier molecular flexibility index (Phi) is 8.54. The summed E-state index contributed by atoms with van der Waals surface area (Å²) in [7, 11) is 0. The van der Waals surface area contributed by atoms with Crippen molar-refractivity contribution in [1.82, 2.24) is 19.0 Å². The van der Waals surface area contributed by atoms with Gasteiger partial charge in [-0.3, -0.25) is 9.36 Å². The maximum Gasteiger partial charge on any atom is 0.410 e. The molecule has 0 saturated carbocycles. The second kappa shape index (κ2) is 12.0. The minimum Gasteiger partial charge on any atom is -0.458 e. The van der Waals surface area contributed by atoms with E-state index < -0.39 is 40.6 Å². The molecule has 0 radical (unpaired) electrons. The topological polar surface area (TPSA) is 135 Å². The number of oxazole rings is 1. The van der Waals surface area contributed by atoms with Crippen LogP contribution in [-0.4, -0.2) is 63.0 Å². The largest absolute Gasteiger partial charge is 0.458 e. The van der Waals surface area contributed by atoms with Crippen LogP contribution >= 0.6 is 11.3 Å². The van der Waals surface area contributed by atoms with E-state index in [2.05, 4.69) is 4.98 Å². The molecule has 1 aliphatic rings. The first-order valence-corrected chi connectivity index (χ1v) is 15.1. The zero-order valence-corrected chi connectivity index (χ0v) is 26.4. The summed E-state index contributed by atoms with van der Waals surface area (Å²) in [6, 6.07) is 9.07. The number of fused-ring (bicyclic) bond motifs is 1. The van der Waals surface area contributed by atoms with Crippen molar-refractivity contribution in [3.05, 3.63) is 74.8 Å². The van der Waals surface area contributed by atoms with Gasteiger partial charge in [0.15, 0.2) is 0 Å². The first-order valence-electron chi connectivity index (χ1n) is 14.3. The molecule has 1 aromatic carbocycles. The Balaban J connectivity index is 1.71. The van der Waals surface area contributed by atoms with Crippen molar-refractivity contribution in [3.8, 4) is 10.8 Å². The Labute approximate surface area is 257 Å². The molecule has 1 aliphatic heterocycles. The molecule has 4 heterocycles.